The molecule has 128 valence electrons. The fourth-order valence-corrected chi connectivity index (χ4v) is 3.16. The fraction of sp³-hybridized carbons (Fsp3) is 0.929. The van der Waals surface area contributed by atoms with Gasteiger partial charge in [0, 0.05) is 33.0 Å². The van der Waals surface area contributed by atoms with Gasteiger partial charge in [-0.05, 0) is 12.8 Å². The predicted octanol–water partition coefficient (Wildman–Crippen LogP) is 2.04. The maximum atomic E-state index is 12.7. The Morgan fingerprint density at radius 3 is 2.41 bits per heavy atom. The third-order valence-corrected chi connectivity index (χ3v) is 4.72. The van der Waals surface area contributed by atoms with Crippen molar-refractivity contribution < 1.29 is 27.8 Å². The number of rotatable bonds is 2. The van der Waals surface area contributed by atoms with Crippen LogP contribution in [-0.4, -0.2) is 60.2 Å². The molecule has 0 aromatic carbocycles. The van der Waals surface area contributed by atoms with Crippen LogP contribution in [0.2, 0.25) is 0 Å². The molecular formula is C14H23F3N2O3. The smallest absolute Gasteiger partial charge is 0.380 e. The Balaban J connectivity index is 1.87. The number of carbonyl (C=O) groups excluding carboxylic acids is 1. The molecule has 0 bridgehead atoms. The molecule has 2 fully saturated rings. The first-order valence-corrected chi connectivity index (χ1v) is 7.64. The first-order chi connectivity index (χ1) is 10.3. The molecule has 0 spiro atoms. The van der Waals surface area contributed by atoms with E-state index in [0.717, 1.165) is 25.7 Å². The Morgan fingerprint density at radius 1 is 1.27 bits per heavy atom. The van der Waals surface area contributed by atoms with Gasteiger partial charge in [0.2, 0.25) is 0 Å². The van der Waals surface area contributed by atoms with Crippen molar-refractivity contribution in [3.63, 3.8) is 0 Å². The monoisotopic (exact) mass is 324 g/mol. The number of nitrogens with one attached hydrogen (secondary N) is 1. The van der Waals surface area contributed by atoms with Crippen LogP contribution in [-0.2, 0) is 4.74 Å². The summed E-state index contributed by atoms with van der Waals surface area (Å²) in [5.74, 6) is 0. The zero-order valence-corrected chi connectivity index (χ0v) is 12.7. The molecule has 1 aliphatic carbocycles. The van der Waals surface area contributed by atoms with E-state index in [1.165, 1.54) is 4.90 Å². The molecule has 8 heteroatoms. The van der Waals surface area contributed by atoms with Gasteiger partial charge in [0.1, 0.15) is 0 Å². The molecule has 2 atom stereocenters. The second-order valence-electron chi connectivity index (χ2n) is 6.13. The highest BCUT2D eigenvalue weighted by atomic mass is 19.4. The molecule has 22 heavy (non-hydrogen) atoms. The number of alkyl halides is 3. The number of amides is 2. The van der Waals surface area contributed by atoms with Gasteiger partial charge < -0.3 is 20.1 Å². The minimum Gasteiger partial charge on any atom is -0.380 e. The molecule has 0 radical (unpaired) electrons. The maximum absolute atomic E-state index is 12.7. The molecule has 2 N–H and O–H groups in total. The van der Waals surface area contributed by atoms with E-state index in [4.69, 9.17) is 4.74 Å². The van der Waals surface area contributed by atoms with Crippen LogP contribution in [0.1, 0.15) is 38.5 Å². The summed E-state index contributed by atoms with van der Waals surface area (Å²) in [6, 6.07) is -0.479. The summed E-state index contributed by atoms with van der Waals surface area (Å²) in [6.07, 6.45) is -1.94. The number of piperidine rings is 1. The summed E-state index contributed by atoms with van der Waals surface area (Å²) < 4.78 is 43.6. The number of hydrogen-bond donors (Lipinski definition) is 2. The Hall–Kier alpha value is -1.02. The minimum atomic E-state index is -4.65. The third-order valence-electron chi connectivity index (χ3n) is 4.72. The van der Waals surface area contributed by atoms with E-state index in [-0.39, 0.29) is 31.3 Å². The standard InChI is InChI=1S/C14H23F3N2O3/c1-22-11-5-3-2-4-10(11)18-12(20)19-8-6-13(21,7-9-19)14(15,16)17/h10-11,21H,2-9H2,1H3,(H,18,20). The zero-order chi connectivity index (χ0) is 16.4. The summed E-state index contributed by atoms with van der Waals surface area (Å²) in [5.41, 5.74) is -2.68. The SMILES string of the molecule is COC1CCCCC1NC(=O)N1CCC(O)(C(F)(F)F)CC1. The molecule has 0 aromatic heterocycles. The topological polar surface area (TPSA) is 61.8 Å². The van der Waals surface area contributed by atoms with Crippen molar-refractivity contribution in [3.05, 3.63) is 0 Å². The van der Waals surface area contributed by atoms with Crippen LogP contribution in [0.3, 0.4) is 0 Å². The lowest BCUT2D eigenvalue weighted by Gasteiger charge is -2.40. The number of urea groups is 1. The number of likely N-dealkylation sites (tertiary alicyclic amines) is 1. The minimum absolute atomic E-state index is 0.0467. The van der Waals surface area contributed by atoms with Crippen LogP contribution >= 0.6 is 0 Å². The second-order valence-corrected chi connectivity index (χ2v) is 6.13. The van der Waals surface area contributed by atoms with E-state index < -0.39 is 24.6 Å². The summed E-state index contributed by atoms with van der Waals surface area (Å²) in [7, 11) is 1.60. The Bertz CT molecular complexity index is 395. The number of halogens is 3. The number of aliphatic hydroxyl groups is 1. The van der Waals surface area contributed by atoms with Crippen molar-refractivity contribution in [2.24, 2.45) is 0 Å². The average Bonchev–Trinajstić information content (AvgIpc) is 2.47. The molecule has 1 saturated heterocycles. The summed E-state index contributed by atoms with van der Waals surface area (Å²) in [5, 5.41) is 12.5. The number of ether oxygens (including phenoxy) is 1. The van der Waals surface area contributed by atoms with Crippen LogP contribution in [0.25, 0.3) is 0 Å². The van der Waals surface area contributed by atoms with Crippen molar-refractivity contribution in [2.45, 2.75) is 62.4 Å². The van der Waals surface area contributed by atoms with Gasteiger partial charge in [-0.25, -0.2) is 4.79 Å². The third kappa shape index (κ3) is 3.65. The molecule has 1 saturated carbocycles. The maximum Gasteiger partial charge on any atom is 0.417 e. The predicted molar refractivity (Wildman–Crippen MR) is 73.4 cm³/mol. The highest BCUT2D eigenvalue weighted by molar-refractivity contribution is 5.74. The highest BCUT2D eigenvalue weighted by Crippen LogP contribution is 2.38. The number of methoxy groups -OCH3 is 1. The van der Waals surface area contributed by atoms with E-state index in [0.29, 0.717) is 0 Å². The molecule has 2 amide bonds. The largest absolute Gasteiger partial charge is 0.417 e. The first kappa shape index (κ1) is 17.3. The number of nitrogens with zero attached hydrogens (tertiary/aromatic N) is 1. The van der Waals surface area contributed by atoms with Crippen LogP contribution in [0, 0.1) is 0 Å². The normalized spacial score (nSPS) is 29.2. The van der Waals surface area contributed by atoms with Crippen molar-refractivity contribution >= 4 is 6.03 Å². The Labute approximate surface area is 127 Å². The summed E-state index contributed by atoms with van der Waals surface area (Å²) in [4.78, 5) is 13.5. The van der Waals surface area contributed by atoms with Crippen molar-refractivity contribution in [1.82, 2.24) is 10.2 Å². The molecule has 5 nitrogen and oxygen atoms in total. The van der Waals surface area contributed by atoms with E-state index in [1.807, 2.05) is 0 Å². The van der Waals surface area contributed by atoms with Crippen LogP contribution in [0.4, 0.5) is 18.0 Å². The lowest BCUT2D eigenvalue weighted by Crippen LogP contribution is -2.57. The van der Waals surface area contributed by atoms with Crippen molar-refractivity contribution in [2.75, 3.05) is 20.2 Å². The molecule has 2 aliphatic rings. The quantitative estimate of drug-likeness (QED) is 0.817. The lowest BCUT2D eigenvalue weighted by atomic mass is 9.90. The van der Waals surface area contributed by atoms with Crippen LogP contribution < -0.4 is 5.32 Å². The molecule has 1 aliphatic heterocycles. The van der Waals surface area contributed by atoms with Gasteiger partial charge in [-0.3, -0.25) is 0 Å². The summed E-state index contributed by atoms with van der Waals surface area (Å²) >= 11 is 0. The van der Waals surface area contributed by atoms with Gasteiger partial charge in [-0.15, -0.1) is 0 Å². The molecule has 0 aromatic rings. The van der Waals surface area contributed by atoms with Crippen LogP contribution in [0.15, 0.2) is 0 Å². The second kappa shape index (κ2) is 6.62. The van der Waals surface area contributed by atoms with Gasteiger partial charge in [0.15, 0.2) is 5.60 Å². The lowest BCUT2D eigenvalue weighted by molar-refractivity contribution is -0.271. The molecule has 1 heterocycles. The summed E-state index contributed by atoms with van der Waals surface area (Å²) in [6.45, 7) is -0.210. The average molecular weight is 324 g/mol. The highest BCUT2D eigenvalue weighted by Gasteiger charge is 2.55. The zero-order valence-electron chi connectivity index (χ0n) is 12.7. The van der Waals surface area contributed by atoms with E-state index in [9.17, 15) is 23.1 Å². The molecular weight excluding hydrogens is 301 g/mol. The number of carbonyl (C=O) groups is 1. The van der Waals surface area contributed by atoms with Gasteiger partial charge >= 0.3 is 12.2 Å². The fourth-order valence-electron chi connectivity index (χ4n) is 3.16. The molecule has 2 rings (SSSR count). The molecule has 2 unspecified atom stereocenters. The van der Waals surface area contributed by atoms with E-state index >= 15 is 0 Å². The van der Waals surface area contributed by atoms with Gasteiger partial charge in [-0.1, -0.05) is 12.8 Å². The Morgan fingerprint density at radius 2 is 1.86 bits per heavy atom. The van der Waals surface area contributed by atoms with Crippen molar-refractivity contribution in [1.29, 1.82) is 0 Å². The van der Waals surface area contributed by atoms with Gasteiger partial charge in [0.05, 0.1) is 12.1 Å². The van der Waals surface area contributed by atoms with Gasteiger partial charge in [0.25, 0.3) is 0 Å². The van der Waals surface area contributed by atoms with E-state index in [1.54, 1.807) is 7.11 Å². The number of hydrogen-bond acceptors (Lipinski definition) is 3. The first-order valence-electron chi connectivity index (χ1n) is 7.64. The van der Waals surface area contributed by atoms with E-state index in [2.05, 4.69) is 5.32 Å². The Kier molecular flexibility index (Phi) is 5.21. The van der Waals surface area contributed by atoms with Crippen molar-refractivity contribution in [3.8, 4) is 0 Å². The van der Waals surface area contributed by atoms with Crippen LogP contribution in [0.5, 0.6) is 0 Å². The van der Waals surface area contributed by atoms with Gasteiger partial charge in [-0.2, -0.15) is 13.2 Å².